The molecule has 0 aliphatic rings. The summed E-state index contributed by atoms with van der Waals surface area (Å²) in [5.41, 5.74) is 0. The van der Waals surface area contributed by atoms with Gasteiger partial charge in [-0.25, -0.2) is 0 Å². The van der Waals surface area contributed by atoms with Crippen molar-refractivity contribution >= 4 is 32.7 Å². The van der Waals surface area contributed by atoms with E-state index in [1.54, 1.807) is 6.92 Å². The van der Waals surface area contributed by atoms with Crippen molar-refractivity contribution in [1.82, 2.24) is 5.32 Å². The quantitative estimate of drug-likeness (QED) is 0.836. The Bertz CT molecular complexity index is 644. The van der Waals surface area contributed by atoms with Crippen molar-refractivity contribution < 1.29 is 14.6 Å². The van der Waals surface area contributed by atoms with Gasteiger partial charge in [0.2, 0.25) is 0 Å². The lowest BCUT2D eigenvalue weighted by Gasteiger charge is -2.17. The highest BCUT2D eigenvalue weighted by molar-refractivity contribution is 9.10. The molecular formula is C16H18BrNO3. The monoisotopic (exact) mass is 351 g/mol. The number of carbonyl (C=O) groups is 1. The zero-order valence-electron chi connectivity index (χ0n) is 12.0. The number of nitrogens with one attached hydrogen (secondary N) is 1. The second-order valence-corrected chi connectivity index (χ2v) is 6.01. The van der Waals surface area contributed by atoms with Crippen molar-refractivity contribution in [3.63, 3.8) is 0 Å². The van der Waals surface area contributed by atoms with Gasteiger partial charge in [-0.2, -0.15) is 0 Å². The van der Waals surface area contributed by atoms with Crippen LogP contribution in [0.2, 0.25) is 0 Å². The fraction of sp³-hybridized carbons (Fsp3) is 0.312. The number of aliphatic carboxylic acids is 1. The molecule has 4 nitrogen and oxygen atoms in total. The Morgan fingerprint density at radius 2 is 1.90 bits per heavy atom. The summed E-state index contributed by atoms with van der Waals surface area (Å²) in [6.45, 7) is 3.93. The Morgan fingerprint density at radius 3 is 2.62 bits per heavy atom. The minimum atomic E-state index is -0.863. The maximum absolute atomic E-state index is 10.8. The van der Waals surface area contributed by atoms with Crippen molar-refractivity contribution in [2.75, 3.05) is 6.61 Å². The summed E-state index contributed by atoms with van der Waals surface area (Å²) in [6, 6.07) is 11.3. The highest BCUT2D eigenvalue weighted by Crippen LogP contribution is 2.24. The van der Waals surface area contributed by atoms with Gasteiger partial charge in [0.05, 0.1) is 0 Å². The lowest BCUT2D eigenvalue weighted by atomic mass is 10.1. The number of ether oxygens (including phenoxy) is 1. The molecule has 0 saturated carbocycles. The van der Waals surface area contributed by atoms with E-state index >= 15 is 0 Å². The number of carboxylic acids is 1. The number of fused-ring (bicyclic) bond motifs is 1. The van der Waals surface area contributed by atoms with E-state index in [1.165, 1.54) is 0 Å². The Labute approximate surface area is 132 Å². The molecule has 0 bridgehead atoms. The average molecular weight is 352 g/mol. The molecule has 21 heavy (non-hydrogen) atoms. The number of hydrogen-bond donors (Lipinski definition) is 2. The predicted octanol–water partition coefficient (Wildman–Crippen LogP) is 3.43. The highest BCUT2D eigenvalue weighted by Gasteiger charge is 2.13. The van der Waals surface area contributed by atoms with Crippen molar-refractivity contribution in [3.8, 4) is 5.75 Å². The minimum Gasteiger partial charge on any atom is -0.492 e. The molecular weight excluding hydrogens is 334 g/mol. The van der Waals surface area contributed by atoms with Crippen LogP contribution in [0.1, 0.15) is 13.8 Å². The molecule has 2 aromatic rings. The molecule has 0 heterocycles. The molecule has 1 unspecified atom stereocenters. The molecule has 0 saturated heterocycles. The van der Waals surface area contributed by atoms with E-state index < -0.39 is 12.0 Å². The predicted molar refractivity (Wildman–Crippen MR) is 86.8 cm³/mol. The summed E-state index contributed by atoms with van der Waals surface area (Å²) in [5.74, 6) is -0.0837. The van der Waals surface area contributed by atoms with E-state index in [1.807, 2.05) is 37.3 Å². The van der Waals surface area contributed by atoms with Crippen LogP contribution in [0, 0.1) is 0 Å². The number of carboxylic acid groups (broad SMARTS) is 1. The van der Waals surface area contributed by atoms with E-state index in [2.05, 4.69) is 27.3 Å². The van der Waals surface area contributed by atoms with Crippen LogP contribution in [0.25, 0.3) is 10.8 Å². The Morgan fingerprint density at radius 1 is 1.24 bits per heavy atom. The minimum absolute atomic E-state index is 0.0447. The van der Waals surface area contributed by atoms with Gasteiger partial charge in [0.15, 0.2) is 0 Å². The van der Waals surface area contributed by atoms with Crippen LogP contribution in [0.5, 0.6) is 5.75 Å². The van der Waals surface area contributed by atoms with E-state index in [4.69, 9.17) is 9.84 Å². The second-order valence-electron chi connectivity index (χ2n) is 5.09. The van der Waals surface area contributed by atoms with Crippen molar-refractivity contribution in [2.45, 2.75) is 25.9 Å². The molecule has 2 rings (SSSR count). The maximum atomic E-state index is 10.8. The first-order chi connectivity index (χ1) is 9.95. The van der Waals surface area contributed by atoms with Gasteiger partial charge < -0.3 is 9.84 Å². The van der Waals surface area contributed by atoms with Crippen LogP contribution in [0.15, 0.2) is 40.9 Å². The molecule has 5 heteroatoms. The molecule has 2 N–H and O–H groups in total. The summed E-state index contributed by atoms with van der Waals surface area (Å²) in [5, 5.41) is 14.1. The molecule has 2 aromatic carbocycles. The van der Waals surface area contributed by atoms with E-state index in [9.17, 15) is 4.79 Å². The topological polar surface area (TPSA) is 58.6 Å². The van der Waals surface area contributed by atoms with E-state index in [0.717, 1.165) is 21.0 Å². The molecule has 0 aromatic heterocycles. The second kappa shape index (κ2) is 6.91. The van der Waals surface area contributed by atoms with Crippen LogP contribution in [0.4, 0.5) is 0 Å². The molecule has 2 atom stereocenters. The van der Waals surface area contributed by atoms with Gasteiger partial charge in [0.25, 0.3) is 0 Å². The van der Waals surface area contributed by atoms with Gasteiger partial charge in [-0.05, 0) is 48.9 Å². The van der Waals surface area contributed by atoms with Gasteiger partial charge in [-0.15, -0.1) is 0 Å². The number of hydrogen-bond acceptors (Lipinski definition) is 3. The van der Waals surface area contributed by atoms with Crippen LogP contribution >= 0.6 is 15.9 Å². The maximum Gasteiger partial charge on any atom is 0.320 e. The number of rotatable bonds is 6. The van der Waals surface area contributed by atoms with Gasteiger partial charge in [0.1, 0.15) is 18.4 Å². The molecule has 0 aliphatic heterocycles. The normalized spacial score (nSPS) is 13.9. The summed E-state index contributed by atoms with van der Waals surface area (Å²) < 4.78 is 6.77. The third kappa shape index (κ3) is 4.44. The van der Waals surface area contributed by atoms with E-state index in [-0.39, 0.29) is 6.04 Å². The van der Waals surface area contributed by atoms with Gasteiger partial charge in [-0.1, -0.05) is 28.1 Å². The first-order valence-electron chi connectivity index (χ1n) is 6.76. The summed E-state index contributed by atoms with van der Waals surface area (Å²) in [6.07, 6.45) is 0. The summed E-state index contributed by atoms with van der Waals surface area (Å²) >= 11 is 3.45. The molecule has 0 amide bonds. The highest BCUT2D eigenvalue weighted by atomic mass is 79.9. The van der Waals surface area contributed by atoms with Crippen molar-refractivity contribution in [3.05, 3.63) is 40.9 Å². The first kappa shape index (κ1) is 15.8. The summed E-state index contributed by atoms with van der Waals surface area (Å²) in [7, 11) is 0. The fourth-order valence-electron chi connectivity index (χ4n) is 2.05. The van der Waals surface area contributed by atoms with E-state index in [0.29, 0.717) is 6.61 Å². The first-order valence-corrected chi connectivity index (χ1v) is 7.56. The van der Waals surface area contributed by atoms with Gasteiger partial charge >= 0.3 is 5.97 Å². The lowest BCUT2D eigenvalue weighted by Crippen LogP contribution is -2.42. The van der Waals surface area contributed by atoms with Crippen LogP contribution in [0.3, 0.4) is 0 Å². The van der Waals surface area contributed by atoms with Crippen LogP contribution in [-0.4, -0.2) is 29.8 Å². The fourth-order valence-corrected chi connectivity index (χ4v) is 2.43. The zero-order valence-corrected chi connectivity index (χ0v) is 13.6. The molecule has 0 fully saturated rings. The Balaban J connectivity index is 1.97. The molecule has 112 valence electrons. The SMILES string of the molecule is CC(COc1ccc2cc(Br)ccc2c1)N[C@@H](C)C(=O)O. The van der Waals surface area contributed by atoms with Crippen LogP contribution in [-0.2, 0) is 4.79 Å². The number of benzene rings is 2. The molecule has 0 radical (unpaired) electrons. The largest absolute Gasteiger partial charge is 0.492 e. The van der Waals surface area contributed by atoms with Crippen LogP contribution < -0.4 is 10.1 Å². The zero-order chi connectivity index (χ0) is 15.4. The van der Waals surface area contributed by atoms with Crippen molar-refractivity contribution in [2.24, 2.45) is 0 Å². The third-order valence-electron chi connectivity index (χ3n) is 3.18. The molecule has 0 aliphatic carbocycles. The third-order valence-corrected chi connectivity index (χ3v) is 3.67. The summed E-state index contributed by atoms with van der Waals surface area (Å²) in [4.78, 5) is 10.8. The molecule has 0 spiro atoms. The van der Waals surface area contributed by atoms with Gasteiger partial charge in [0, 0.05) is 10.5 Å². The Kier molecular flexibility index (Phi) is 5.20. The standard InChI is InChI=1S/C16H18BrNO3/c1-10(18-11(2)16(19)20)9-21-15-6-4-12-7-14(17)5-3-13(12)8-15/h3-8,10-11,18H,9H2,1-2H3,(H,19,20)/t10?,11-/m0/s1. The average Bonchev–Trinajstić information content (AvgIpc) is 2.44. The Hall–Kier alpha value is -1.59. The lowest BCUT2D eigenvalue weighted by molar-refractivity contribution is -0.139. The van der Waals surface area contributed by atoms with Crippen molar-refractivity contribution in [1.29, 1.82) is 0 Å². The smallest absolute Gasteiger partial charge is 0.320 e. The van der Waals surface area contributed by atoms with Gasteiger partial charge in [-0.3, -0.25) is 10.1 Å². The number of halogens is 1.